The van der Waals surface area contributed by atoms with Crippen LogP contribution in [0, 0.1) is 0 Å². The molecule has 18 heavy (non-hydrogen) atoms. The van der Waals surface area contributed by atoms with E-state index in [4.69, 9.17) is 9.52 Å². The molecule has 1 aliphatic carbocycles. The lowest BCUT2D eigenvalue weighted by Crippen LogP contribution is -2.38. The molecule has 1 saturated carbocycles. The normalized spacial score (nSPS) is 18.4. The number of rotatable bonds is 4. The summed E-state index contributed by atoms with van der Waals surface area (Å²) in [5.74, 6) is 0.269. The van der Waals surface area contributed by atoms with E-state index in [0.717, 1.165) is 25.7 Å². The predicted octanol–water partition coefficient (Wildman–Crippen LogP) is 1.73. The van der Waals surface area contributed by atoms with Crippen LogP contribution in [-0.4, -0.2) is 30.9 Å². The zero-order valence-corrected chi connectivity index (χ0v) is 11.3. The molecule has 102 valence electrons. The zero-order valence-electron chi connectivity index (χ0n) is 10.5. The SMILES string of the molecule is CN(C1CCCCC1)S(=O)(=O)c1ccc(CO)o1. The van der Waals surface area contributed by atoms with Gasteiger partial charge in [-0.1, -0.05) is 19.3 Å². The van der Waals surface area contributed by atoms with Gasteiger partial charge in [-0.2, -0.15) is 4.31 Å². The van der Waals surface area contributed by atoms with Gasteiger partial charge in [-0.15, -0.1) is 0 Å². The second-order valence-corrected chi connectivity index (χ2v) is 6.62. The van der Waals surface area contributed by atoms with E-state index in [2.05, 4.69) is 0 Å². The summed E-state index contributed by atoms with van der Waals surface area (Å²) in [6.07, 6.45) is 5.14. The fraction of sp³-hybridized carbons (Fsp3) is 0.667. The monoisotopic (exact) mass is 273 g/mol. The molecule has 0 unspecified atom stereocenters. The molecule has 0 radical (unpaired) electrons. The Labute approximate surface area is 107 Å². The van der Waals surface area contributed by atoms with Gasteiger partial charge in [0.1, 0.15) is 12.4 Å². The molecule has 1 N–H and O–H groups in total. The van der Waals surface area contributed by atoms with Gasteiger partial charge in [-0.05, 0) is 25.0 Å². The number of aliphatic hydroxyl groups excluding tert-OH is 1. The standard InChI is InChI=1S/C12H19NO4S/c1-13(10-5-3-2-4-6-10)18(15,16)12-8-7-11(9-14)17-12/h7-8,10,14H,2-6,9H2,1H3. The van der Waals surface area contributed by atoms with Crippen molar-refractivity contribution in [2.75, 3.05) is 7.05 Å². The van der Waals surface area contributed by atoms with Crippen molar-refractivity contribution in [1.29, 1.82) is 0 Å². The molecule has 2 rings (SSSR count). The number of hydrogen-bond acceptors (Lipinski definition) is 4. The highest BCUT2D eigenvalue weighted by Gasteiger charge is 2.31. The maximum absolute atomic E-state index is 12.3. The van der Waals surface area contributed by atoms with Gasteiger partial charge < -0.3 is 9.52 Å². The maximum Gasteiger partial charge on any atom is 0.276 e. The van der Waals surface area contributed by atoms with E-state index >= 15 is 0 Å². The topological polar surface area (TPSA) is 70.8 Å². The van der Waals surface area contributed by atoms with E-state index in [-0.39, 0.29) is 23.5 Å². The smallest absolute Gasteiger partial charge is 0.276 e. The van der Waals surface area contributed by atoms with E-state index in [1.54, 1.807) is 7.05 Å². The van der Waals surface area contributed by atoms with Crippen LogP contribution >= 0.6 is 0 Å². The van der Waals surface area contributed by atoms with Crippen molar-refractivity contribution in [2.45, 2.75) is 49.8 Å². The Hall–Kier alpha value is -0.850. The predicted molar refractivity (Wildman–Crippen MR) is 66.5 cm³/mol. The molecule has 0 saturated heterocycles. The van der Waals surface area contributed by atoms with Crippen LogP contribution in [0.3, 0.4) is 0 Å². The third kappa shape index (κ3) is 2.60. The van der Waals surface area contributed by atoms with Crippen molar-refractivity contribution in [1.82, 2.24) is 4.31 Å². The van der Waals surface area contributed by atoms with Crippen molar-refractivity contribution in [2.24, 2.45) is 0 Å². The van der Waals surface area contributed by atoms with E-state index in [1.165, 1.54) is 22.9 Å². The van der Waals surface area contributed by atoms with E-state index < -0.39 is 10.0 Å². The summed E-state index contributed by atoms with van der Waals surface area (Å²) in [5, 5.41) is 8.82. The van der Waals surface area contributed by atoms with E-state index in [9.17, 15) is 8.42 Å². The van der Waals surface area contributed by atoms with Gasteiger partial charge in [-0.3, -0.25) is 0 Å². The Morgan fingerprint density at radius 1 is 1.33 bits per heavy atom. The van der Waals surface area contributed by atoms with Crippen molar-refractivity contribution >= 4 is 10.0 Å². The molecule has 1 aromatic rings. The first-order chi connectivity index (χ1) is 8.55. The number of hydrogen-bond donors (Lipinski definition) is 1. The first-order valence-electron chi connectivity index (χ1n) is 6.23. The first kappa shape index (κ1) is 13.6. The molecule has 0 aliphatic heterocycles. The first-order valence-corrected chi connectivity index (χ1v) is 7.67. The molecule has 5 nitrogen and oxygen atoms in total. The molecule has 1 heterocycles. The zero-order chi connectivity index (χ0) is 13.2. The molecule has 6 heteroatoms. The van der Waals surface area contributed by atoms with Gasteiger partial charge in [0.2, 0.25) is 5.09 Å². The van der Waals surface area contributed by atoms with Gasteiger partial charge in [0.25, 0.3) is 10.0 Å². The lowest BCUT2D eigenvalue weighted by Gasteiger charge is -2.29. The lowest BCUT2D eigenvalue weighted by molar-refractivity contribution is 0.232. The summed E-state index contributed by atoms with van der Waals surface area (Å²) < 4.78 is 31.2. The Bertz CT molecular complexity index is 488. The molecule has 0 aromatic carbocycles. The molecule has 0 atom stereocenters. The van der Waals surface area contributed by atoms with Crippen LogP contribution in [0.15, 0.2) is 21.6 Å². The third-order valence-corrected chi connectivity index (χ3v) is 5.30. The second-order valence-electron chi connectivity index (χ2n) is 4.69. The van der Waals surface area contributed by atoms with Crippen molar-refractivity contribution in [3.8, 4) is 0 Å². The Kier molecular flexibility index (Phi) is 4.09. The quantitative estimate of drug-likeness (QED) is 0.907. The number of nitrogens with zero attached hydrogens (tertiary/aromatic N) is 1. The van der Waals surface area contributed by atoms with Crippen molar-refractivity contribution in [3.05, 3.63) is 17.9 Å². The molecule has 0 amide bonds. The van der Waals surface area contributed by atoms with Crippen LogP contribution in [0.4, 0.5) is 0 Å². The summed E-state index contributed by atoms with van der Waals surface area (Å²) in [7, 11) is -1.97. The summed E-state index contributed by atoms with van der Waals surface area (Å²) in [5.41, 5.74) is 0. The highest BCUT2D eigenvalue weighted by Crippen LogP contribution is 2.27. The fourth-order valence-corrected chi connectivity index (χ4v) is 3.70. The van der Waals surface area contributed by atoms with Gasteiger partial charge in [0.15, 0.2) is 0 Å². The van der Waals surface area contributed by atoms with Crippen molar-refractivity contribution in [3.63, 3.8) is 0 Å². The van der Waals surface area contributed by atoms with Crippen LogP contribution in [0.25, 0.3) is 0 Å². The average Bonchev–Trinajstić information content (AvgIpc) is 2.88. The minimum absolute atomic E-state index is 0.0615. The highest BCUT2D eigenvalue weighted by molar-refractivity contribution is 7.89. The average molecular weight is 273 g/mol. The van der Waals surface area contributed by atoms with E-state index in [1.807, 2.05) is 0 Å². The van der Waals surface area contributed by atoms with E-state index in [0.29, 0.717) is 0 Å². The summed E-state index contributed by atoms with van der Waals surface area (Å²) in [6.45, 7) is -0.289. The van der Waals surface area contributed by atoms with Crippen LogP contribution < -0.4 is 0 Å². The second kappa shape index (κ2) is 5.42. The largest absolute Gasteiger partial charge is 0.446 e. The molecular weight excluding hydrogens is 254 g/mol. The summed E-state index contributed by atoms with van der Waals surface area (Å²) in [4.78, 5) is 0. The van der Waals surface area contributed by atoms with Gasteiger partial charge in [0.05, 0.1) is 0 Å². The van der Waals surface area contributed by atoms with Crippen LogP contribution in [-0.2, 0) is 16.6 Å². The Morgan fingerprint density at radius 2 is 2.00 bits per heavy atom. The molecule has 1 aromatic heterocycles. The van der Waals surface area contributed by atoms with Gasteiger partial charge >= 0.3 is 0 Å². The Morgan fingerprint density at radius 3 is 2.56 bits per heavy atom. The van der Waals surface area contributed by atoms with Crippen molar-refractivity contribution < 1.29 is 17.9 Å². The Balaban J connectivity index is 2.18. The van der Waals surface area contributed by atoms with Crippen LogP contribution in [0.5, 0.6) is 0 Å². The van der Waals surface area contributed by atoms with Gasteiger partial charge in [-0.25, -0.2) is 8.42 Å². The maximum atomic E-state index is 12.3. The van der Waals surface area contributed by atoms with Crippen LogP contribution in [0.2, 0.25) is 0 Å². The molecule has 1 aliphatic rings. The minimum Gasteiger partial charge on any atom is -0.446 e. The number of aliphatic hydroxyl groups is 1. The highest BCUT2D eigenvalue weighted by atomic mass is 32.2. The van der Waals surface area contributed by atoms with Crippen LogP contribution in [0.1, 0.15) is 37.9 Å². The molecule has 0 bridgehead atoms. The summed E-state index contributed by atoms with van der Waals surface area (Å²) in [6, 6.07) is 2.95. The summed E-state index contributed by atoms with van der Waals surface area (Å²) >= 11 is 0. The molecule has 1 fully saturated rings. The third-order valence-electron chi connectivity index (χ3n) is 3.52. The minimum atomic E-state index is -3.57. The van der Waals surface area contributed by atoms with Gasteiger partial charge in [0, 0.05) is 13.1 Å². The number of furan rings is 1. The molecule has 0 spiro atoms. The fourth-order valence-electron chi connectivity index (χ4n) is 2.36. The molecular formula is C12H19NO4S. The number of sulfonamides is 1. The lowest BCUT2D eigenvalue weighted by atomic mass is 9.96.